The predicted molar refractivity (Wildman–Crippen MR) is 112 cm³/mol. The van der Waals surface area contributed by atoms with E-state index in [2.05, 4.69) is 25.2 Å². The van der Waals surface area contributed by atoms with E-state index >= 15 is 4.39 Å². The first kappa shape index (κ1) is 18.9. The molecule has 30 heavy (non-hydrogen) atoms. The van der Waals surface area contributed by atoms with Crippen molar-refractivity contribution < 1.29 is 8.78 Å². The molecule has 9 heteroatoms. The molecular weight excluding hydrogens is 388 g/mol. The van der Waals surface area contributed by atoms with E-state index < -0.39 is 11.6 Å². The summed E-state index contributed by atoms with van der Waals surface area (Å²) in [6.45, 7) is 4.02. The van der Waals surface area contributed by atoms with Crippen molar-refractivity contribution in [2.24, 2.45) is 0 Å². The van der Waals surface area contributed by atoms with Gasteiger partial charge in [-0.25, -0.2) is 18.3 Å². The molecule has 7 nitrogen and oxygen atoms in total. The molecule has 4 aromatic rings. The van der Waals surface area contributed by atoms with Crippen molar-refractivity contribution in [3.05, 3.63) is 42.2 Å². The molecule has 0 spiro atoms. The second-order valence-electron chi connectivity index (χ2n) is 7.82. The van der Waals surface area contributed by atoms with Gasteiger partial charge in [-0.15, -0.1) is 0 Å². The Labute approximate surface area is 172 Å². The number of hydrogen-bond acceptors (Lipinski definition) is 5. The van der Waals surface area contributed by atoms with E-state index in [-0.39, 0.29) is 5.69 Å². The molecule has 0 amide bonds. The summed E-state index contributed by atoms with van der Waals surface area (Å²) < 4.78 is 30.2. The molecule has 0 bridgehead atoms. The smallest absolute Gasteiger partial charge is 0.159 e. The van der Waals surface area contributed by atoms with Crippen LogP contribution in [0.2, 0.25) is 0 Å². The number of nitrogens with zero attached hydrogens (tertiary/aromatic N) is 6. The lowest BCUT2D eigenvalue weighted by atomic mass is 10.1. The minimum absolute atomic E-state index is 0.120. The summed E-state index contributed by atoms with van der Waals surface area (Å²) in [5, 5.41) is 12.1. The number of pyridine rings is 2. The van der Waals surface area contributed by atoms with Crippen LogP contribution in [-0.4, -0.2) is 62.9 Å². The lowest BCUT2D eigenvalue weighted by Gasteiger charge is -2.28. The third-order valence-corrected chi connectivity index (χ3v) is 5.79. The Morgan fingerprint density at radius 1 is 1.17 bits per heavy atom. The van der Waals surface area contributed by atoms with Crippen LogP contribution >= 0.6 is 0 Å². The average molecular weight is 411 g/mol. The molecule has 1 aliphatic rings. The van der Waals surface area contributed by atoms with E-state index in [4.69, 9.17) is 0 Å². The summed E-state index contributed by atoms with van der Waals surface area (Å²) in [6, 6.07) is 4.06. The number of nitrogens with one attached hydrogen (secondary N) is 1. The molecule has 5 rings (SSSR count). The summed E-state index contributed by atoms with van der Waals surface area (Å²) in [6.07, 6.45) is 6.80. The van der Waals surface area contributed by atoms with E-state index in [0.717, 1.165) is 26.2 Å². The normalized spacial score (nSPS) is 15.3. The number of hydrogen-bond donors (Lipinski definition) is 1. The van der Waals surface area contributed by atoms with Crippen LogP contribution in [0.15, 0.2) is 30.6 Å². The minimum atomic E-state index is -0.492. The topological polar surface area (TPSA) is 65.3 Å². The standard InChI is InChI=1S/C21H23F2N7/c1-28(9-10-29-6-3-2-4-7-29)21-15-12-17(23)19(25-20(15)26-27-21)16-13-24-30-8-5-14(22)11-18(16)30/h5,8,11-13H,2-4,6-7,9-10H2,1H3,(H,25,26,27). The number of halogens is 2. The second kappa shape index (κ2) is 7.64. The molecule has 1 aliphatic heterocycles. The molecule has 4 aromatic heterocycles. The van der Waals surface area contributed by atoms with Crippen molar-refractivity contribution in [1.82, 2.24) is 29.7 Å². The zero-order valence-electron chi connectivity index (χ0n) is 16.8. The Hall–Kier alpha value is -3.07. The van der Waals surface area contributed by atoms with Crippen molar-refractivity contribution in [2.75, 3.05) is 38.1 Å². The number of rotatable bonds is 5. The van der Waals surface area contributed by atoms with E-state index in [9.17, 15) is 4.39 Å². The first-order chi connectivity index (χ1) is 14.6. The molecule has 156 valence electrons. The van der Waals surface area contributed by atoms with Crippen LogP contribution in [0.25, 0.3) is 27.8 Å². The lowest BCUT2D eigenvalue weighted by molar-refractivity contribution is 0.234. The van der Waals surface area contributed by atoms with Crippen LogP contribution in [0.5, 0.6) is 0 Å². The molecule has 5 heterocycles. The minimum Gasteiger partial charge on any atom is -0.356 e. The van der Waals surface area contributed by atoms with E-state index in [1.807, 2.05) is 11.9 Å². The highest BCUT2D eigenvalue weighted by molar-refractivity contribution is 5.90. The van der Waals surface area contributed by atoms with Gasteiger partial charge in [0.05, 0.1) is 17.1 Å². The summed E-state index contributed by atoms with van der Waals surface area (Å²) in [5.74, 6) is -0.232. The largest absolute Gasteiger partial charge is 0.356 e. The molecular formula is C21H23F2N7. The summed E-state index contributed by atoms with van der Waals surface area (Å²) >= 11 is 0. The summed E-state index contributed by atoms with van der Waals surface area (Å²) in [5.41, 5.74) is 1.50. The monoisotopic (exact) mass is 411 g/mol. The van der Waals surface area contributed by atoms with Gasteiger partial charge in [0.1, 0.15) is 11.5 Å². The maximum absolute atomic E-state index is 15.0. The van der Waals surface area contributed by atoms with E-state index in [0.29, 0.717) is 27.9 Å². The fourth-order valence-electron chi connectivity index (χ4n) is 4.11. The van der Waals surface area contributed by atoms with Crippen LogP contribution in [0.4, 0.5) is 14.6 Å². The van der Waals surface area contributed by atoms with Gasteiger partial charge in [-0.2, -0.15) is 10.2 Å². The number of likely N-dealkylation sites (tertiary alicyclic amines) is 1. The van der Waals surface area contributed by atoms with Crippen molar-refractivity contribution in [3.8, 4) is 11.3 Å². The number of piperidine rings is 1. The Kier molecular flexibility index (Phi) is 4.82. The van der Waals surface area contributed by atoms with Crippen LogP contribution in [0.1, 0.15) is 19.3 Å². The molecule has 0 aliphatic carbocycles. The third-order valence-electron chi connectivity index (χ3n) is 5.79. The average Bonchev–Trinajstić information content (AvgIpc) is 3.35. The fourth-order valence-corrected chi connectivity index (χ4v) is 4.11. The number of fused-ring (bicyclic) bond motifs is 2. The van der Waals surface area contributed by atoms with Gasteiger partial charge in [-0.3, -0.25) is 5.10 Å². The summed E-state index contributed by atoms with van der Waals surface area (Å²) in [4.78, 5) is 8.93. The van der Waals surface area contributed by atoms with Gasteiger partial charge >= 0.3 is 0 Å². The highest BCUT2D eigenvalue weighted by atomic mass is 19.1. The number of aromatic nitrogens is 5. The lowest BCUT2D eigenvalue weighted by Crippen LogP contribution is -2.36. The third kappa shape index (κ3) is 3.39. The number of anilines is 1. The van der Waals surface area contributed by atoms with Gasteiger partial charge in [0, 0.05) is 38.0 Å². The van der Waals surface area contributed by atoms with Gasteiger partial charge in [0.2, 0.25) is 0 Å². The van der Waals surface area contributed by atoms with Gasteiger partial charge < -0.3 is 9.80 Å². The Morgan fingerprint density at radius 3 is 2.83 bits per heavy atom. The zero-order chi connectivity index (χ0) is 20.7. The Morgan fingerprint density at radius 2 is 2.00 bits per heavy atom. The van der Waals surface area contributed by atoms with Crippen LogP contribution in [-0.2, 0) is 0 Å². The fraction of sp³-hybridized carbons (Fsp3) is 0.381. The summed E-state index contributed by atoms with van der Waals surface area (Å²) in [7, 11) is 1.96. The SMILES string of the molecule is CN(CCN1CCCCC1)c1n[nH]c2nc(-c3cnn4ccc(F)cc34)c(F)cc12. The van der Waals surface area contributed by atoms with Crippen molar-refractivity contribution in [1.29, 1.82) is 0 Å². The molecule has 0 aromatic carbocycles. The van der Waals surface area contributed by atoms with Gasteiger partial charge in [-0.05, 0) is 38.1 Å². The molecule has 0 atom stereocenters. The van der Waals surface area contributed by atoms with Gasteiger partial charge in [0.25, 0.3) is 0 Å². The number of aromatic amines is 1. The highest BCUT2D eigenvalue weighted by Gasteiger charge is 2.19. The predicted octanol–water partition coefficient (Wildman–Crippen LogP) is 3.47. The molecule has 1 fully saturated rings. The van der Waals surface area contributed by atoms with E-state index in [1.165, 1.54) is 54.4 Å². The molecule has 0 radical (unpaired) electrons. The van der Waals surface area contributed by atoms with Crippen LogP contribution < -0.4 is 4.90 Å². The van der Waals surface area contributed by atoms with Crippen molar-refractivity contribution in [2.45, 2.75) is 19.3 Å². The second-order valence-corrected chi connectivity index (χ2v) is 7.82. The maximum atomic E-state index is 15.0. The quantitative estimate of drug-likeness (QED) is 0.545. The number of H-pyrrole nitrogens is 1. The zero-order valence-corrected chi connectivity index (χ0v) is 16.8. The van der Waals surface area contributed by atoms with E-state index in [1.54, 1.807) is 0 Å². The molecule has 0 saturated carbocycles. The molecule has 0 unspecified atom stereocenters. The van der Waals surface area contributed by atoms with Crippen LogP contribution in [0.3, 0.4) is 0 Å². The highest BCUT2D eigenvalue weighted by Crippen LogP contribution is 2.30. The maximum Gasteiger partial charge on any atom is 0.159 e. The van der Waals surface area contributed by atoms with Crippen LogP contribution in [0, 0.1) is 11.6 Å². The Balaban J connectivity index is 1.44. The molecule has 1 N–H and O–H groups in total. The van der Waals surface area contributed by atoms with Crippen molar-refractivity contribution >= 4 is 22.4 Å². The van der Waals surface area contributed by atoms with Crippen molar-refractivity contribution in [3.63, 3.8) is 0 Å². The first-order valence-corrected chi connectivity index (χ1v) is 10.2. The van der Waals surface area contributed by atoms with Gasteiger partial charge in [-0.1, -0.05) is 6.42 Å². The number of likely N-dealkylation sites (N-methyl/N-ethyl adjacent to an activating group) is 1. The first-order valence-electron chi connectivity index (χ1n) is 10.2. The Bertz CT molecular complexity index is 1190. The molecule has 1 saturated heterocycles. The van der Waals surface area contributed by atoms with Gasteiger partial charge in [0.15, 0.2) is 17.3 Å².